The van der Waals surface area contributed by atoms with Crippen molar-refractivity contribution in [3.63, 3.8) is 0 Å². The fourth-order valence-corrected chi connectivity index (χ4v) is 6.32. The minimum Gasteiger partial charge on any atom is -0.618 e. The van der Waals surface area contributed by atoms with Gasteiger partial charge >= 0.3 is 0 Å². The third-order valence-electron chi connectivity index (χ3n) is 7.50. The molecule has 8 nitrogen and oxygen atoms in total. The molecule has 6 rings (SSSR count). The second-order valence-corrected chi connectivity index (χ2v) is 11.1. The molecule has 1 saturated heterocycles. The maximum Gasteiger partial charge on any atom is 0.266 e. The van der Waals surface area contributed by atoms with Gasteiger partial charge in [0, 0.05) is 29.4 Å². The Morgan fingerprint density at radius 2 is 1.59 bits per heavy atom. The first-order valence-electron chi connectivity index (χ1n) is 13.3. The van der Waals surface area contributed by atoms with Crippen molar-refractivity contribution in [3.05, 3.63) is 130 Å². The Morgan fingerprint density at radius 3 is 2.27 bits per heavy atom. The largest absolute Gasteiger partial charge is 0.618 e. The second kappa shape index (κ2) is 11.5. The summed E-state index contributed by atoms with van der Waals surface area (Å²) in [6.07, 6.45) is 0.0505. The molecule has 2 aliphatic rings. The van der Waals surface area contributed by atoms with Crippen molar-refractivity contribution in [1.82, 2.24) is 0 Å². The van der Waals surface area contributed by atoms with Gasteiger partial charge in [0.05, 0.1) is 35.6 Å². The lowest BCUT2D eigenvalue weighted by Gasteiger charge is -2.41. The number of aliphatic hydroxyl groups is 1. The molecule has 41 heavy (non-hydrogen) atoms. The molecule has 3 aromatic carbocycles. The van der Waals surface area contributed by atoms with Gasteiger partial charge < -0.3 is 19.8 Å². The molecule has 0 spiro atoms. The molecule has 1 aromatic heterocycles. The summed E-state index contributed by atoms with van der Waals surface area (Å²) in [5.74, 6) is -0.295. The van der Waals surface area contributed by atoms with Crippen LogP contribution in [-0.2, 0) is 16.1 Å². The smallest absolute Gasteiger partial charge is 0.266 e. The Kier molecular flexibility index (Phi) is 7.59. The summed E-state index contributed by atoms with van der Waals surface area (Å²) in [5, 5.41) is 22.3. The highest BCUT2D eigenvalue weighted by Crippen LogP contribution is 2.43. The molecule has 4 atom stereocenters. The molecule has 0 radical (unpaired) electrons. The van der Waals surface area contributed by atoms with Gasteiger partial charge in [-0.05, 0) is 41.5 Å². The highest BCUT2D eigenvalue weighted by molar-refractivity contribution is 7.99. The fraction of sp³-hybridized carbons (Fsp3) is 0.219. The van der Waals surface area contributed by atoms with E-state index in [-0.39, 0.29) is 36.5 Å². The zero-order valence-electron chi connectivity index (χ0n) is 22.3. The number of thioether (sulfide) groups is 1. The van der Waals surface area contributed by atoms with E-state index in [1.165, 1.54) is 22.9 Å². The highest BCUT2D eigenvalue weighted by Gasteiger charge is 2.40. The van der Waals surface area contributed by atoms with Crippen LogP contribution in [0, 0.1) is 11.1 Å². The first kappa shape index (κ1) is 27.2. The first-order valence-corrected chi connectivity index (χ1v) is 14.3. The molecule has 2 amide bonds. The summed E-state index contributed by atoms with van der Waals surface area (Å²) in [6.45, 7) is 2.00. The number of hydrogen-bond acceptors (Lipinski definition) is 7. The predicted molar refractivity (Wildman–Crippen MR) is 153 cm³/mol. The van der Waals surface area contributed by atoms with Gasteiger partial charge in [0.15, 0.2) is 12.5 Å². The van der Waals surface area contributed by atoms with Crippen molar-refractivity contribution >= 4 is 29.3 Å². The normalized spacial score (nSPS) is 22.1. The van der Waals surface area contributed by atoms with E-state index >= 15 is 0 Å². The van der Waals surface area contributed by atoms with Crippen LogP contribution in [0.3, 0.4) is 0 Å². The van der Waals surface area contributed by atoms with Gasteiger partial charge in [-0.25, -0.2) is 4.90 Å². The monoisotopic (exact) mass is 568 g/mol. The van der Waals surface area contributed by atoms with E-state index in [9.17, 15) is 19.9 Å². The van der Waals surface area contributed by atoms with Crippen molar-refractivity contribution in [2.24, 2.45) is 5.92 Å². The number of carbonyl (C=O) groups excluding carboxylic acids is 2. The topological polar surface area (TPSA) is 103 Å². The third kappa shape index (κ3) is 5.25. The van der Waals surface area contributed by atoms with Crippen molar-refractivity contribution in [2.45, 2.75) is 37.1 Å². The number of aliphatic hydroxyl groups excluding tert-OH is 1. The summed E-state index contributed by atoms with van der Waals surface area (Å²) in [4.78, 5) is 27.4. The van der Waals surface area contributed by atoms with E-state index in [0.717, 1.165) is 15.9 Å². The number of benzene rings is 3. The van der Waals surface area contributed by atoms with E-state index in [1.807, 2.05) is 36.4 Å². The Bertz CT molecular complexity index is 1560. The number of rotatable bonds is 7. The van der Waals surface area contributed by atoms with Gasteiger partial charge in [0.2, 0.25) is 0 Å². The molecule has 1 fully saturated rings. The van der Waals surface area contributed by atoms with Gasteiger partial charge in [0.25, 0.3) is 16.8 Å². The average Bonchev–Trinajstić information content (AvgIpc) is 3.27. The number of carbonyl (C=O) groups is 2. The number of nitrogens with zero attached hydrogens (tertiary/aromatic N) is 2. The number of pyridine rings is 1. The van der Waals surface area contributed by atoms with Gasteiger partial charge in [0.1, 0.15) is 0 Å². The zero-order chi connectivity index (χ0) is 28.5. The minimum absolute atomic E-state index is 0.0524. The molecule has 2 aliphatic heterocycles. The van der Waals surface area contributed by atoms with Gasteiger partial charge in [-0.2, -0.15) is 4.73 Å². The quantitative estimate of drug-likeness (QED) is 0.142. The van der Waals surface area contributed by atoms with Crippen LogP contribution in [0.15, 0.2) is 102 Å². The van der Waals surface area contributed by atoms with Crippen molar-refractivity contribution in [2.75, 3.05) is 10.7 Å². The maximum atomic E-state index is 13.1. The number of hydrogen-bond donors (Lipinski definition) is 1. The number of anilines is 1. The van der Waals surface area contributed by atoms with Crippen LogP contribution in [0.1, 0.15) is 56.7 Å². The zero-order valence-corrected chi connectivity index (χ0v) is 23.1. The summed E-state index contributed by atoms with van der Waals surface area (Å²) in [5.41, 5.74) is 3.59. The predicted octanol–water partition coefficient (Wildman–Crippen LogP) is 5.20. The highest BCUT2D eigenvalue weighted by atomic mass is 32.2. The molecular formula is C32H28N2O6S. The second-order valence-electron chi connectivity index (χ2n) is 10.1. The van der Waals surface area contributed by atoms with E-state index in [1.54, 1.807) is 54.6 Å². The maximum absolute atomic E-state index is 13.1. The molecule has 0 bridgehead atoms. The Morgan fingerprint density at radius 1 is 0.878 bits per heavy atom. The van der Waals surface area contributed by atoms with Crippen molar-refractivity contribution < 1.29 is 28.9 Å². The SMILES string of the molecule is C[C@@H]1[C@H](CSc2cccc[n+]2[O-])O[C@H](c2cccc(N3C(=O)c4ccccc4C3=O)c2)O[C@@H]1c1ccc(CO)cc1. The number of amides is 2. The van der Waals surface area contributed by atoms with Crippen molar-refractivity contribution in [3.8, 4) is 0 Å². The standard InChI is InChI=1S/C32H28N2O6S/c1-20-27(19-41-28-11-4-5-16-33(28)38)39-32(40-29(20)22-14-12-21(18-35)13-15-22)23-7-6-8-24(17-23)34-30(36)25-9-2-3-10-26(25)31(34)37/h2-17,20,27,29,32,35H,18-19H2,1H3/t20-,27+,29+,32+/m1/s1. The lowest BCUT2D eigenvalue weighted by Crippen LogP contribution is -2.39. The summed E-state index contributed by atoms with van der Waals surface area (Å²) in [7, 11) is 0. The van der Waals surface area contributed by atoms with E-state index in [2.05, 4.69) is 6.92 Å². The van der Waals surface area contributed by atoms with Crippen molar-refractivity contribution in [1.29, 1.82) is 0 Å². The minimum atomic E-state index is -0.787. The number of aromatic nitrogens is 1. The molecule has 4 aromatic rings. The van der Waals surface area contributed by atoms with Crippen LogP contribution >= 0.6 is 11.8 Å². The molecular weight excluding hydrogens is 540 g/mol. The number of fused-ring (bicyclic) bond motifs is 1. The summed E-state index contributed by atoms with van der Waals surface area (Å²) >= 11 is 1.41. The van der Waals surface area contributed by atoms with E-state index in [0.29, 0.717) is 33.2 Å². The van der Waals surface area contributed by atoms with Crippen LogP contribution in [0.25, 0.3) is 0 Å². The summed E-state index contributed by atoms with van der Waals surface area (Å²) < 4.78 is 13.9. The van der Waals surface area contributed by atoms with Crippen LogP contribution in [-0.4, -0.2) is 28.8 Å². The molecule has 3 heterocycles. The lowest BCUT2D eigenvalue weighted by molar-refractivity contribution is -0.645. The molecule has 208 valence electrons. The van der Waals surface area contributed by atoms with Crippen LogP contribution in [0.2, 0.25) is 0 Å². The van der Waals surface area contributed by atoms with Gasteiger partial charge in [-0.3, -0.25) is 9.59 Å². The van der Waals surface area contributed by atoms with Gasteiger partial charge in [-0.15, -0.1) is 0 Å². The Labute approximate surface area is 241 Å². The Balaban J connectivity index is 1.30. The van der Waals surface area contributed by atoms with E-state index in [4.69, 9.17) is 9.47 Å². The first-order chi connectivity index (χ1) is 19.9. The number of imide groups is 1. The van der Waals surface area contributed by atoms with Crippen LogP contribution in [0.5, 0.6) is 0 Å². The number of ether oxygens (including phenoxy) is 2. The average molecular weight is 569 g/mol. The van der Waals surface area contributed by atoms with Gasteiger partial charge in [-0.1, -0.05) is 67.2 Å². The molecule has 0 saturated carbocycles. The lowest BCUT2D eigenvalue weighted by atomic mass is 9.91. The Hall–Kier alpha value is -4.02. The van der Waals surface area contributed by atoms with E-state index < -0.39 is 6.29 Å². The fourth-order valence-electron chi connectivity index (χ4n) is 5.24. The molecule has 0 unspecified atom stereocenters. The molecule has 1 N–H and O–H groups in total. The van der Waals surface area contributed by atoms with Crippen LogP contribution in [0.4, 0.5) is 5.69 Å². The third-order valence-corrected chi connectivity index (χ3v) is 8.61. The molecule has 0 aliphatic carbocycles. The van der Waals surface area contributed by atoms with Crippen LogP contribution < -0.4 is 9.63 Å². The summed E-state index contributed by atoms with van der Waals surface area (Å²) in [6, 6.07) is 26.8. The molecule has 9 heteroatoms.